The third-order valence-electron chi connectivity index (χ3n) is 2.48. The van der Waals surface area contributed by atoms with Crippen molar-refractivity contribution >= 4 is 39.9 Å². The van der Waals surface area contributed by atoms with Crippen LogP contribution in [0.25, 0.3) is 0 Å². The number of halogens is 3. The fourth-order valence-corrected chi connectivity index (χ4v) is 2.10. The second-order valence-corrected chi connectivity index (χ2v) is 5.29. The largest absolute Gasteiger partial charge is 0.376 e. The molecule has 2 aromatic carbocycles. The van der Waals surface area contributed by atoms with Gasteiger partial charge in [-0.25, -0.2) is 8.78 Å². The average molecular weight is 388 g/mol. The van der Waals surface area contributed by atoms with Crippen LogP contribution in [0.1, 0.15) is 0 Å². The summed E-state index contributed by atoms with van der Waals surface area (Å²) in [4.78, 5) is 11.7. The molecule has 3 nitrogen and oxygen atoms in total. The molecule has 0 aliphatic heterocycles. The van der Waals surface area contributed by atoms with E-state index in [0.717, 1.165) is 15.7 Å². The summed E-state index contributed by atoms with van der Waals surface area (Å²) in [5, 5.41) is 5.43. The molecule has 1 amide bonds. The summed E-state index contributed by atoms with van der Waals surface area (Å²) in [6.45, 7) is -0.0312. The summed E-state index contributed by atoms with van der Waals surface area (Å²) in [6, 6.07) is 10.7. The number of benzene rings is 2. The van der Waals surface area contributed by atoms with Gasteiger partial charge in [0.25, 0.3) is 0 Å². The van der Waals surface area contributed by atoms with Gasteiger partial charge in [0.05, 0.1) is 6.54 Å². The number of nitrogens with one attached hydrogen (secondary N) is 2. The van der Waals surface area contributed by atoms with Crippen LogP contribution in [-0.4, -0.2) is 12.5 Å². The molecule has 2 N–H and O–H groups in total. The molecule has 2 rings (SSSR count). The van der Waals surface area contributed by atoms with E-state index in [-0.39, 0.29) is 12.5 Å². The van der Waals surface area contributed by atoms with Crippen molar-refractivity contribution in [2.24, 2.45) is 0 Å². The Labute approximate surface area is 128 Å². The Morgan fingerprint density at radius 2 is 1.85 bits per heavy atom. The van der Waals surface area contributed by atoms with Gasteiger partial charge in [0.15, 0.2) is 11.6 Å². The fraction of sp³-hybridized carbons (Fsp3) is 0.0714. The number of hydrogen-bond acceptors (Lipinski definition) is 2. The lowest BCUT2D eigenvalue weighted by atomic mass is 10.3. The highest BCUT2D eigenvalue weighted by atomic mass is 127. The molecule has 0 radical (unpaired) electrons. The maximum atomic E-state index is 13.0. The van der Waals surface area contributed by atoms with Gasteiger partial charge < -0.3 is 10.6 Å². The van der Waals surface area contributed by atoms with Crippen LogP contribution >= 0.6 is 22.6 Å². The predicted octanol–water partition coefficient (Wildman–Crippen LogP) is 3.62. The van der Waals surface area contributed by atoms with Crippen molar-refractivity contribution in [3.63, 3.8) is 0 Å². The lowest BCUT2D eigenvalue weighted by molar-refractivity contribution is -0.114. The lowest BCUT2D eigenvalue weighted by Gasteiger charge is -2.08. The van der Waals surface area contributed by atoms with Crippen LogP contribution in [0, 0.1) is 15.2 Å². The molecule has 0 heterocycles. The molecule has 2 aromatic rings. The smallest absolute Gasteiger partial charge is 0.243 e. The Morgan fingerprint density at radius 3 is 2.55 bits per heavy atom. The van der Waals surface area contributed by atoms with Crippen LogP contribution in [0.15, 0.2) is 42.5 Å². The van der Waals surface area contributed by atoms with Crippen molar-refractivity contribution in [3.8, 4) is 0 Å². The summed E-state index contributed by atoms with van der Waals surface area (Å²) >= 11 is 2.15. The molecule has 0 bridgehead atoms. The lowest BCUT2D eigenvalue weighted by Crippen LogP contribution is -2.21. The highest BCUT2D eigenvalue weighted by Crippen LogP contribution is 2.14. The quantitative estimate of drug-likeness (QED) is 0.786. The van der Waals surface area contributed by atoms with E-state index < -0.39 is 11.6 Å². The first-order valence-corrected chi connectivity index (χ1v) is 6.87. The van der Waals surface area contributed by atoms with Crippen molar-refractivity contribution in [2.75, 3.05) is 17.2 Å². The van der Waals surface area contributed by atoms with Crippen molar-refractivity contribution in [1.82, 2.24) is 0 Å². The summed E-state index contributed by atoms with van der Waals surface area (Å²) in [5.74, 6) is -2.14. The number of hydrogen-bond donors (Lipinski definition) is 2. The topological polar surface area (TPSA) is 41.1 Å². The molecule has 20 heavy (non-hydrogen) atoms. The number of carbonyl (C=O) groups is 1. The van der Waals surface area contributed by atoms with Gasteiger partial charge in [-0.3, -0.25) is 4.79 Å². The number of amides is 1. The molecule has 0 aliphatic rings. The van der Waals surface area contributed by atoms with Crippen molar-refractivity contribution < 1.29 is 13.6 Å². The number of anilines is 2. The van der Waals surface area contributed by atoms with E-state index in [2.05, 4.69) is 33.2 Å². The third-order valence-corrected chi connectivity index (χ3v) is 3.15. The molecule has 0 aliphatic carbocycles. The van der Waals surface area contributed by atoms with Crippen molar-refractivity contribution in [1.29, 1.82) is 0 Å². The van der Waals surface area contributed by atoms with Gasteiger partial charge >= 0.3 is 0 Å². The molecule has 6 heteroatoms. The molecule has 0 unspecified atom stereocenters. The molecular formula is C14H11F2IN2O. The van der Waals surface area contributed by atoms with Crippen LogP contribution in [0.2, 0.25) is 0 Å². The first-order valence-electron chi connectivity index (χ1n) is 5.79. The van der Waals surface area contributed by atoms with Crippen molar-refractivity contribution in [3.05, 3.63) is 57.7 Å². The third kappa shape index (κ3) is 4.16. The van der Waals surface area contributed by atoms with Crippen LogP contribution < -0.4 is 10.6 Å². The predicted molar refractivity (Wildman–Crippen MR) is 82.6 cm³/mol. The Bertz CT molecular complexity index is 634. The molecular weight excluding hydrogens is 377 g/mol. The molecule has 0 atom stereocenters. The standard InChI is InChI=1S/C14H11F2IN2O/c15-12-5-4-10(7-13(12)16)18-8-14(20)19-11-3-1-2-9(17)6-11/h1-7,18H,8H2,(H,19,20). The fourth-order valence-electron chi connectivity index (χ4n) is 1.56. The number of carbonyl (C=O) groups excluding carboxylic acids is 1. The normalized spacial score (nSPS) is 10.2. The second-order valence-electron chi connectivity index (χ2n) is 4.04. The van der Waals surface area contributed by atoms with E-state index in [1.807, 2.05) is 18.2 Å². The van der Waals surface area contributed by atoms with E-state index in [4.69, 9.17) is 0 Å². The molecule has 0 spiro atoms. The monoisotopic (exact) mass is 388 g/mol. The van der Waals surface area contributed by atoms with Gasteiger partial charge in [0.1, 0.15) is 0 Å². The second kappa shape index (κ2) is 6.65. The summed E-state index contributed by atoms with van der Waals surface area (Å²) in [7, 11) is 0. The van der Waals surface area contributed by atoms with Gasteiger partial charge in [0.2, 0.25) is 5.91 Å². The van der Waals surface area contributed by atoms with Gasteiger partial charge in [-0.15, -0.1) is 0 Å². The van der Waals surface area contributed by atoms with E-state index in [1.54, 1.807) is 6.07 Å². The van der Waals surface area contributed by atoms with E-state index in [0.29, 0.717) is 11.4 Å². The van der Waals surface area contributed by atoms with Gasteiger partial charge in [-0.1, -0.05) is 6.07 Å². The first-order chi connectivity index (χ1) is 9.54. The minimum absolute atomic E-state index is 0.0312. The summed E-state index contributed by atoms with van der Waals surface area (Å²) in [5.41, 5.74) is 1.04. The van der Waals surface area contributed by atoms with Crippen LogP contribution in [0.4, 0.5) is 20.2 Å². The minimum Gasteiger partial charge on any atom is -0.376 e. The van der Waals surface area contributed by atoms with Crippen LogP contribution in [0.3, 0.4) is 0 Å². The van der Waals surface area contributed by atoms with E-state index in [1.165, 1.54) is 6.07 Å². The highest BCUT2D eigenvalue weighted by molar-refractivity contribution is 14.1. The van der Waals surface area contributed by atoms with E-state index in [9.17, 15) is 13.6 Å². The Kier molecular flexibility index (Phi) is 4.89. The minimum atomic E-state index is -0.951. The number of rotatable bonds is 4. The van der Waals surface area contributed by atoms with Gasteiger partial charge in [-0.05, 0) is 52.9 Å². The van der Waals surface area contributed by atoms with E-state index >= 15 is 0 Å². The molecule has 104 valence electrons. The summed E-state index contributed by atoms with van der Waals surface area (Å²) in [6.07, 6.45) is 0. The Balaban J connectivity index is 1.90. The average Bonchev–Trinajstić information content (AvgIpc) is 2.40. The molecule has 0 saturated carbocycles. The zero-order valence-electron chi connectivity index (χ0n) is 10.3. The molecule has 0 saturated heterocycles. The first kappa shape index (κ1) is 14.7. The van der Waals surface area contributed by atoms with Crippen LogP contribution in [-0.2, 0) is 4.79 Å². The van der Waals surface area contributed by atoms with Crippen molar-refractivity contribution in [2.45, 2.75) is 0 Å². The maximum Gasteiger partial charge on any atom is 0.243 e. The zero-order chi connectivity index (χ0) is 14.5. The zero-order valence-corrected chi connectivity index (χ0v) is 12.4. The molecule has 0 aromatic heterocycles. The van der Waals surface area contributed by atoms with Crippen LogP contribution in [0.5, 0.6) is 0 Å². The Morgan fingerprint density at radius 1 is 1.05 bits per heavy atom. The highest BCUT2D eigenvalue weighted by Gasteiger charge is 2.05. The summed E-state index contributed by atoms with van der Waals surface area (Å²) < 4.78 is 26.7. The Hall–Kier alpha value is -1.70. The maximum absolute atomic E-state index is 13.0. The SMILES string of the molecule is O=C(CNc1ccc(F)c(F)c1)Nc1cccc(I)c1. The van der Waals surface area contributed by atoms with Gasteiger partial charge in [0, 0.05) is 21.0 Å². The van der Waals surface area contributed by atoms with Gasteiger partial charge in [-0.2, -0.15) is 0 Å². The molecule has 0 fully saturated rings.